The molecule has 3 atom stereocenters. The first-order valence-corrected chi connectivity index (χ1v) is 7.15. The Labute approximate surface area is 98.4 Å². The molecule has 0 amide bonds. The fourth-order valence-electron chi connectivity index (χ4n) is 4.20. The van der Waals surface area contributed by atoms with Crippen LogP contribution in [-0.4, -0.2) is 29.3 Å². The molecule has 3 fully saturated rings. The summed E-state index contributed by atoms with van der Waals surface area (Å²) in [5.74, 6) is 1.45. The van der Waals surface area contributed by atoms with Gasteiger partial charge in [0.1, 0.15) is 5.78 Å². The summed E-state index contributed by atoms with van der Waals surface area (Å²) in [4.78, 5) is 14.5. The van der Waals surface area contributed by atoms with E-state index in [1.54, 1.807) is 0 Å². The number of piperidine rings is 1. The summed E-state index contributed by atoms with van der Waals surface area (Å²) in [6.07, 6.45) is 11.5. The molecule has 0 bridgehead atoms. The third-order valence-electron chi connectivity index (χ3n) is 4.96. The summed E-state index contributed by atoms with van der Waals surface area (Å²) in [7, 11) is 0. The van der Waals surface area contributed by atoms with E-state index in [4.69, 9.17) is 0 Å². The third kappa shape index (κ3) is 1.81. The molecule has 1 saturated heterocycles. The van der Waals surface area contributed by atoms with Gasteiger partial charge in [-0.2, -0.15) is 0 Å². The first kappa shape index (κ1) is 10.8. The number of likely N-dealkylation sites (tertiary alicyclic amines) is 1. The Balaban J connectivity index is 1.74. The van der Waals surface area contributed by atoms with Crippen LogP contribution < -0.4 is 0 Å². The molecule has 0 radical (unpaired) electrons. The molecule has 16 heavy (non-hydrogen) atoms. The highest BCUT2D eigenvalue weighted by atomic mass is 16.1. The Morgan fingerprint density at radius 2 is 1.75 bits per heavy atom. The second-order valence-corrected chi connectivity index (χ2v) is 5.87. The molecular weight excluding hydrogens is 198 g/mol. The van der Waals surface area contributed by atoms with Crippen molar-refractivity contribution in [3.8, 4) is 0 Å². The SMILES string of the molecule is O=C1CCCC1N1CCCC2CCCCC21. The van der Waals surface area contributed by atoms with Crippen LogP contribution in [0.25, 0.3) is 0 Å². The molecule has 3 unspecified atom stereocenters. The van der Waals surface area contributed by atoms with E-state index < -0.39 is 0 Å². The van der Waals surface area contributed by atoms with Gasteiger partial charge in [0.15, 0.2) is 0 Å². The van der Waals surface area contributed by atoms with Crippen molar-refractivity contribution < 1.29 is 4.79 Å². The van der Waals surface area contributed by atoms with Crippen LogP contribution in [0.4, 0.5) is 0 Å². The number of carbonyl (C=O) groups excluding carboxylic acids is 1. The fraction of sp³-hybridized carbons (Fsp3) is 0.929. The number of nitrogens with zero attached hydrogens (tertiary/aromatic N) is 1. The quantitative estimate of drug-likeness (QED) is 0.678. The molecule has 90 valence electrons. The van der Waals surface area contributed by atoms with Crippen LogP contribution in [-0.2, 0) is 4.79 Å². The summed E-state index contributed by atoms with van der Waals surface area (Å²) in [6, 6.07) is 1.07. The Bertz CT molecular complexity index is 274. The van der Waals surface area contributed by atoms with Gasteiger partial charge >= 0.3 is 0 Å². The predicted octanol–water partition coefficient (Wildman–Crippen LogP) is 2.76. The van der Waals surface area contributed by atoms with Crippen LogP contribution in [0.5, 0.6) is 0 Å². The number of fused-ring (bicyclic) bond motifs is 1. The zero-order chi connectivity index (χ0) is 11.0. The molecule has 2 nitrogen and oxygen atoms in total. The smallest absolute Gasteiger partial charge is 0.149 e. The standard InChI is InChI=1S/C14H23NO/c16-14-9-3-8-13(14)15-10-4-6-11-5-1-2-7-12(11)15/h11-13H,1-10H2. The molecule has 1 aliphatic heterocycles. The van der Waals surface area contributed by atoms with Crippen LogP contribution in [0.1, 0.15) is 57.8 Å². The molecule has 2 heteroatoms. The number of rotatable bonds is 1. The minimum absolute atomic E-state index is 0.311. The van der Waals surface area contributed by atoms with Crippen LogP contribution in [0.2, 0.25) is 0 Å². The summed E-state index contributed by atoms with van der Waals surface area (Å²) >= 11 is 0. The van der Waals surface area contributed by atoms with Crippen molar-refractivity contribution in [2.45, 2.75) is 69.9 Å². The minimum Gasteiger partial charge on any atom is -0.298 e. The van der Waals surface area contributed by atoms with Crippen LogP contribution in [0.15, 0.2) is 0 Å². The normalized spacial score (nSPS) is 41.0. The average molecular weight is 221 g/mol. The molecule has 3 rings (SSSR count). The van der Waals surface area contributed by atoms with Gasteiger partial charge in [0.05, 0.1) is 6.04 Å². The maximum atomic E-state index is 11.9. The van der Waals surface area contributed by atoms with Crippen molar-refractivity contribution in [1.82, 2.24) is 4.90 Å². The number of carbonyl (C=O) groups is 1. The highest BCUT2D eigenvalue weighted by Gasteiger charge is 2.40. The zero-order valence-electron chi connectivity index (χ0n) is 10.2. The van der Waals surface area contributed by atoms with Crippen LogP contribution in [0.3, 0.4) is 0 Å². The maximum absolute atomic E-state index is 11.9. The van der Waals surface area contributed by atoms with E-state index in [2.05, 4.69) is 4.90 Å². The molecule has 1 heterocycles. The summed E-state index contributed by atoms with van der Waals surface area (Å²) in [5, 5.41) is 0. The Hall–Kier alpha value is -0.370. The average Bonchev–Trinajstić information content (AvgIpc) is 2.75. The summed E-state index contributed by atoms with van der Waals surface area (Å²) in [6.45, 7) is 1.19. The van der Waals surface area contributed by atoms with E-state index in [9.17, 15) is 4.79 Å². The van der Waals surface area contributed by atoms with Crippen molar-refractivity contribution in [3.63, 3.8) is 0 Å². The van der Waals surface area contributed by atoms with Gasteiger partial charge in [-0.15, -0.1) is 0 Å². The molecule has 3 aliphatic rings. The number of Topliss-reactive ketones (excluding diaryl/α,β-unsaturated/α-hetero) is 1. The lowest BCUT2D eigenvalue weighted by Crippen LogP contribution is -2.52. The van der Waals surface area contributed by atoms with E-state index >= 15 is 0 Å². The van der Waals surface area contributed by atoms with Crippen LogP contribution >= 0.6 is 0 Å². The van der Waals surface area contributed by atoms with Gasteiger partial charge < -0.3 is 0 Å². The van der Waals surface area contributed by atoms with E-state index in [0.717, 1.165) is 31.2 Å². The Morgan fingerprint density at radius 3 is 2.56 bits per heavy atom. The highest BCUT2D eigenvalue weighted by molar-refractivity contribution is 5.85. The van der Waals surface area contributed by atoms with E-state index in [0.29, 0.717) is 11.8 Å². The van der Waals surface area contributed by atoms with Gasteiger partial charge in [0, 0.05) is 12.5 Å². The Morgan fingerprint density at radius 1 is 0.938 bits per heavy atom. The number of hydrogen-bond donors (Lipinski definition) is 0. The van der Waals surface area contributed by atoms with Crippen molar-refractivity contribution in [3.05, 3.63) is 0 Å². The molecule has 0 aromatic carbocycles. The van der Waals surface area contributed by atoms with Crippen LogP contribution in [0, 0.1) is 5.92 Å². The van der Waals surface area contributed by atoms with Gasteiger partial charge in [-0.1, -0.05) is 12.8 Å². The van der Waals surface area contributed by atoms with Crippen molar-refractivity contribution in [2.75, 3.05) is 6.54 Å². The lowest BCUT2D eigenvalue weighted by Gasteiger charge is -2.46. The highest BCUT2D eigenvalue weighted by Crippen LogP contribution is 2.38. The number of ketones is 1. The van der Waals surface area contributed by atoms with E-state index in [1.165, 1.54) is 45.1 Å². The Kier molecular flexibility index (Phi) is 3.01. The van der Waals surface area contributed by atoms with Crippen molar-refractivity contribution in [2.24, 2.45) is 5.92 Å². The number of hydrogen-bond acceptors (Lipinski definition) is 2. The molecular formula is C14H23NO. The van der Waals surface area contributed by atoms with E-state index in [-0.39, 0.29) is 0 Å². The summed E-state index contributed by atoms with van der Waals surface area (Å²) < 4.78 is 0. The minimum atomic E-state index is 0.311. The van der Waals surface area contributed by atoms with Gasteiger partial charge in [-0.05, 0) is 51.0 Å². The monoisotopic (exact) mass is 221 g/mol. The largest absolute Gasteiger partial charge is 0.298 e. The molecule has 2 saturated carbocycles. The molecule has 0 spiro atoms. The topological polar surface area (TPSA) is 20.3 Å². The van der Waals surface area contributed by atoms with Gasteiger partial charge in [0.2, 0.25) is 0 Å². The molecule has 2 aliphatic carbocycles. The van der Waals surface area contributed by atoms with Gasteiger partial charge in [-0.25, -0.2) is 0 Å². The van der Waals surface area contributed by atoms with Crippen molar-refractivity contribution in [1.29, 1.82) is 0 Å². The zero-order valence-corrected chi connectivity index (χ0v) is 10.2. The van der Waals surface area contributed by atoms with E-state index in [1.807, 2.05) is 0 Å². The second-order valence-electron chi connectivity index (χ2n) is 5.87. The molecule has 0 aromatic rings. The summed E-state index contributed by atoms with van der Waals surface area (Å²) in [5.41, 5.74) is 0. The van der Waals surface area contributed by atoms with Gasteiger partial charge in [-0.3, -0.25) is 9.69 Å². The van der Waals surface area contributed by atoms with Crippen molar-refractivity contribution >= 4 is 5.78 Å². The first-order chi connectivity index (χ1) is 7.86. The lowest BCUT2D eigenvalue weighted by atomic mass is 9.77. The maximum Gasteiger partial charge on any atom is 0.149 e. The predicted molar refractivity (Wildman–Crippen MR) is 64.3 cm³/mol. The second kappa shape index (κ2) is 4.48. The third-order valence-corrected chi connectivity index (χ3v) is 4.96. The lowest BCUT2D eigenvalue weighted by molar-refractivity contribution is -0.124. The molecule has 0 aromatic heterocycles. The van der Waals surface area contributed by atoms with Gasteiger partial charge in [0.25, 0.3) is 0 Å². The fourth-order valence-corrected chi connectivity index (χ4v) is 4.20. The molecule has 0 N–H and O–H groups in total. The first-order valence-electron chi connectivity index (χ1n) is 7.15.